The van der Waals surface area contributed by atoms with Crippen LogP contribution < -0.4 is 11.5 Å². The summed E-state index contributed by atoms with van der Waals surface area (Å²) in [6.07, 6.45) is 4.93. The zero-order valence-corrected chi connectivity index (χ0v) is 15.6. The number of pyridine rings is 1. The highest BCUT2D eigenvalue weighted by Crippen LogP contribution is 2.30. The van der Waals surface area contributed by atoms with Gasteiger partial charge in [0.25, 0.3) is 0 Å². The summed E-state index contributed by atoms with van der Waals surface area (Å²) < 4.78 is 14.1. The minimum atomic E-state index is -0.265. The molecule has 5 heteroatoms. The summed E-state index contributed by atoms with van der Waals surface area (Å²) in [7, 11) is 0. The maximum Gasteiger partial charge on any atom is 0.124 e. The minimum Gasteiger partial charge on any atom is -0.396 e. The van der Waals surface area contributed by atoms with Crippen LogP contribution in [-0.2, 0) is 6.42 Å². The zero-order chi connectivity index (χ0) is 18.6. The number of anilines is 2. The van der Waals surface area contributed by atoms with Crippen molar-refractivity contribution in [3.05, 3.63) is 42.0 Å². The molecule has 0 aliphatic heterocycles. The number of rotatable bonds is 7. The summed E-state index contributed by atoms with van der Waals surface area (Å²) >= 11 is 0. The molecule has 2 rings (SSSR count). The third kappa shape index (κ3) is 4.92. The van der Waals surface area contributed by atoms with E-state index in [1.807, 2.05) is 6.07 Å². The van der Waals surface area contributed by atoms with Crippen LogP contribution in [0.2, 0.25) is 0 Å². The van der Waals surface area contributed by atoms with Crippen molar-refractivity contribution in [3.63, 3.8) is 0 Å². The molecule has 136 valence electrons. The van der Waals surface area contributed by atoms with Gasteiger partial charge in [-0.3, -0.25) is 9.88 Å². The van der Waals surface area contributed by atoms with Gasteiger partial charge < -0.3 is 11.5 Å². The number of nitrogens with zero attached hydrogens (tertiary/aromatic N) is 2. The third-order valence-corrected chi connectivity index (χ3v) is 4.50. The van der Waals surface area contributed by atoms with E-state index in [4.69, 9.17) is 11.5 Å². The van der Waals surface area contributed by atoms with Crippen molar-refractivity contribution >= 4 is 11.4 Å². The Bertz CT molecular complexity index is 705. The van der Waals surface area contributed by atoms with Crippen LogP contribution in [0.1, 0.15) is 39.7 Å². The normalized spacial score (nSPS) is 11.7. The van der Waals surface area contributed by atoms with Crippen LogP contribution >= 0.6 is 0 Å². The maximum atomic E-state index is 14.1. The Morgan fingerprint density at radius 1 is 1.04 bits per heavy atom. The van der Waals surface area contributed by atoms with Gasteiger partial charge in [-0.15, -0.1) is 0 Å². The van der Waals surface area contributed by atoms with Crippen molar-refractivity contribution in [2.75, 3.05) is 18.0 Å². The second-order valence-electron chi connectivity index (χ2n) is 7.07. The van der Waals surface area contributed by atoms with Crippen molar-refractivity contribution in [1.29, 1.82) is 0 Å². The van der Waals surface area contributed by atoms with Crippen LogP contribution in [0.4, 0.5) is 15.8 Å². The Morgan fingerprint density at radius 3 is 2.36 bits per heavy atom. The molecule has 0 amide bonds. The second-order valence-corrected chi connectivity index (χ2v) is 7.07. The predicted octanol–water partition coefficient (Wildman–Crippen LogP) is 4.10. The Kier molecular flexibility index (Phi) is 6.37. The Morgan fingerprint density at radius 2 is 1.72 bits per heavy atom. The average Bonchev–Trinajstić information content (AvgIpc) is 2.53. The van der Waals surface area contributed by atoms with Gasteiger partial charge in [0, 0.05) is 23.8 Å². The Labute approximate surface area is 150 Å². The molecule has 0 saturated heterocycles. The molecule has 4 N–H and O–H groups in total. The molecule has 0 atom stereocenters. The zero-order valence-electron chi connectivity index (χ0n) is 15.6. The highest BCUT2D eigenvalue weighted by atomic mass is 19.1. The van der Waals surface area contributed by atoms with E-state index >= 15 is 0 Å². The molecule has 0 fully saturated rings. The van der Waals surface area contributed by atoms with Gasteiger partial charge in [-0.2, -0.15) is 0 Å². The molecule has 25 heavy (non-hydrogen) atoms. The molecular formula is C20H29FN4. The number of aryl methyl sites for hydroxylation is 1. The van der Waals surface area contributed by atoms with E-state index in [-0.39, 0.29) is 5.82 Å². The van der Waals surface area contributed by atoms with Gasteiger partial charge in [-0.05, 0) is 70.3 Å². The molecule has 0 saturated carbocycles. The Hall–Kier alpha value is -2.14. The summed E-state index contributed by atoms with van der Waals surface area (Å²) in [4.78, 5) is 6.52. The highest BCUT2D eigenvalue weighted by Gasteiger charge is 2.13. The van der Waals surface area contributed by atoms with Crippen molar-refractivity contribution in [2.45, 2.75) is 52.6 Å². The van der Waals surface area contributed by atoms with Crippen LogP contribution in [0.5, 0.6) is 0 Å². The largest absolute Gasteiger partial charge is 0.396 e. The molecule has 0 aliphatic rings. The van der Waals surface area contributed by atoms with Gasteiger partial charge in [0.15, 0.2) is 0 Å². The molecule has 0 bridgehead atoms. The average molecular weight is 344 g/mol. The number of hydrogen-bond acceptors (Lipinski definition) is 4. The van der Waals surface area contributed by atoms with Crippen LogP contribution in [-0.4, -0.2) is 28.5 Å². The number of nitrogens with two attached hydrogens (primary N) is 2. The lowest BCUT2D eigenvalue weighted by molar-refractivity contribution is 0.173. The van der Waals surface area contributed by atoms with Crippen LogP contribution in [0, 0.1) is 5.82 Å². The second kappa shape index (κ2) is 8.30. The molecule has 0 aliphatic carbocycles. The molecule has 1 aromatic heterocycles. The SMILES string of the molecule is CC(C)N(CCCc1cc(F)cc(-c2cncc(N)c2N)c1)C(C)C. The molecule has 0 spiro atoms. The number of benzene rings is 1. The summed E-state index contributed by atoms with van der Waals surface area (Å²) in [6, 6.07) is 6.05. The van der Waals surface area contributed by atoms with Gasteiger partial charge in [-0.25, -0.2) is 4.39 Å². The first-order chi connectivity index (χ1) is 11.8. The van der Waals surface area contributed by atoms with Gasteiger partial charge in [0.1, 0.15) is 5.82 Å². The molecule has 0 unspecified atom stereocenters. The number of halogens is 1. The number of aromatic nitrogens is 1. The van der Waals surface area contributed by atoms with E-state index < -0.39 is 0 Å². The lowest BCUT2D eigenvalue weighted by Gasteiger charge is -2.30. The van der Waals surface area contributed by atoms with E-state index in [1.54, 1.807) is 12.3 Å². The minimum absolute atomic E-state index is 0.265. The molecule has 0 radical (unpaired) electrons. The number of hydrogen-bond donors (Lipinski definition) is 2. The fraction of sp³-hybridized carbons (Fsp3) is 0.450. The number of nitrogen functional groups attached to an aromatic ring is 2. The standard InChI is InChI=1S/C20H29FN4/c1-13(2)25(14(3)4)7-5-6-15-8-16(10-17(21)9-15)18-11-24-12-19(22)20(18)23/h8-14H,5-7,22H2,1-4H3,(H2,23,24). The van der Waals surface area contributed by atoms with E-state index in [2.05, 4.69) is 37.6 Å². The first-order valence-corrected chi connectivity index (χ1v) is 8.84. The predicted molar refractivity (Wildman–Crippen MR) is 104 cm³/mol. The van der Waals surface area contributed by atoms with Crippen molar-refractivity contribution in [1.82, 2.24) is 9.88 Å². The van der Waals surface area contributed by atoms with E-state index in [0.29, 0.717) is 29.0 Å². The summed E-state index contributed by atoms with van der Waals surface area (Å²) in [5, 5.41) is 0. The topological polar surface area (TPSA) is 68.2 Å². The molecular weight excluding hydrogens is 315 g/mol. The molecule has 2 aromatic rings. The molecule has 1 aromatic carbocycles. The van der Waals surface area contributed by atoms with Crippen LogP contribution in [0.3, 0.4) is 0 Å². The first-order valence-electron chi connectivity index (χ1n) is 8.84. The van der Waals surface area contributed by atoms with Crippen LogP contribution in [0.25, 0.3) is 11.1 Å². The first kappa shape index (κ1) is 19.2. The monoisotopic (exact) mass is 344 g/mol. The fourth-order valence-electron chi connectivity index (χ4n) is 3.25. The van der Waals surface area contributed by atoms with E-state index in [1.165, 1.54) is 12.3 Å². The maximum absolute atomic E-state index is 14.1. The van der Waals surface area contributed by atoms with Crippen molar-refractivity contribution in [2.24, 2.45) is 0 Å². The highest BCUT2D eigenvalue weighted by molar-refractivity contribution is 5.83. The van der Waals surface area contributed by atoms with Crippen molar-refractivity contribution < 1.29 is 4.39 Å². The van der Waals surface area contributed by atoms with Crippen LogP contribution in [0.15, 0.2) is 30.6 Å². The van der Waals surface area contributed by atoms with E-state index in [0.717, 1.165) is 30.5 Å². The Balaban J connectivity index is 2.15. The summed E-state index contributed by atoms with van der Waals surface area (Å²) in [5.74, 6) is -0.265. The van der Waals surface area contributed by atoms with Gasteiger partial charge in [-0.1, -0.05) is 6.07 Å². The lowest BCUT2D eigenvalue weighted by atomic mass is 10.00. The smallest absolute Gasteiger partial charge is 0.124 e. The third-order valence-electron chi connectivity index (χ3n) is 4.50. The summed E-state index contributed by atoms with van der Waals surface area (Å²) in [5.41, 5.74) is 15.1. The van der Waals surface area contributed by atoms with Gasteiger partial charge in [0.05, 0.1) is 17.6 Å². The van der Waals surface area contributed by atoms with Gasteiger partial charge in [0.2, 0.25) is 0 Å². The van der Waals surface area contributed by atoms with Crippen molar-refractivity contribution in [3.8, 4) is 11.1 Å². The molecule has 1 heterocycles. The summed E-state index contributed by atoms with van der Waals surface area (Å²) in [6.45, 7) is 9.81. The lowest BCUT2D eigenvalue weighted by Crippen LogP contribution is -2.37. The fourth-order valence-corrected chi connectivity index (χ4v) is 3.25. The van der Waals surface area contributed by atoms with E-state index in [9.17, 15) is 4.39 Å². The van der Waals surface area contributed by atoms with Gasteiger partial charge >= 0.3 is 0 Å². The molecule has 4 nitrogen and oxygen atoms in total. The quantitative estimate of drug-likeness (QED) is 0.793.